The highest BCUT2D eigenvalue weighted by atomic mass is 16.7. The van der Waals surface area contributed by atoms with Crippen molar-refractivity contribution in [1.29, 1.82) is 0 Å². The third-order valence-electron chi connectivity index (χ3n) is 2.33. The van der Waals surface area contributed by atoms with E-state index in [0.717, 1.165) is 5.56 Å². The second kappa shape index (κ2) is 4.59. The van der Waals surface area contributed by atoms with Crippen molar-refractivity contribution in [2.45, 2.75) is 19.6 Å². The minimum Gasteiger partial charge on any atom is -0.507 e. The lowest BCUT2D eigenvalue weighted by atomic mass is 10.1. The number of rotatable bonds is 4. The maximum atomic E-state index is 9.70. The van der Waals surface area contributed by atoms with Crippen molar-refractivity contribution < 1.29 is 19.7 Å². The number of phenols is 1. The van der Waals surface area contributed by atoms with Crippen molar-refractivity contribution in [3.05, 3.63) is 17.7 Å². The van der Waals surface area contributed by atoms with Crippen LogP contribution < -0.4 is 14.8 Å². The van der Waals surface area contributed by atoms with E-state index >= 15 is 0 Å². The third-order valence-corrected chi connectivity index (χ3v) is 2.33. The quantitative estimate of drug-likeness (QED) is 0.699. The van der Waals surface area contributed by atoms with Crippen LogP contribution in [0.2, 0.25) is 0 Å². The number of nitrogens with one attached hydrogen (secondary N) is 1. The summed E-state index contributed by atoms with van der Waals surface area (Å²) in [5, 5.41) is 21.8. The van der Waals surface area contributed by atoms with E-state index in [1.54, 1.807) is 19.1 Å². The molecule has 88 valence electrons. The molecule has 0 fully saturated rings. The number of hydrogen-bond acceptors (Lipinski definition) is 5. The molecule has 1 heterocycles. The van der Waals surface area contributed by atoms with Crippen LogP contribution in [0.25, 0.3) is 0 Å². The molecule has 3 N–H and O–H groups in total. The summed E-state index contributed by atoms with van der Waals surface area (Å²) < 4.78 is 10.3. The molecule has 0 amide bonds. The van der Waals surface area contributed by atoms with Crippen molar-refractivity contribution in [3.63, 3.8) is 0 Å². The van der Waals surface area contributed by atoms with Crippen LogP contribution in [-0.2, 0) is 6.54 Å². The predicted molar refractivity (Wildman–Crippen MR) is 57.6 cm³/mol. The Hall–Kier alpha value is -1.46. The van der Waals surface area contributed by atoms with Crippen molar-refractivity contribution in [2.24, 2.45) is 0 Å². The van der Waals surface area contributed by atoms with Crippen LogP contribution in [0.15, 0.2) is 12.1 Å². The molecule has 0 aromatic heterocycles. The molecule has 1 aromatic carbocycles. The summed E-state index contributed by atoms with van der Waals surface area (Å²) in [6, 6.07) is 3.29. The molecule has 0 saturated carbocycles. The maximum Gasteiger partial charge on any atom is 0.231 e. The zero-order valence-corrected chi connectivity index (χ0v) is 9.06. The molecule has 2 rings (SSSR count). The van der Waals surface area contributed by atoms with E-state index in [2.05, 4.69) is 5.32 Å². The average molecular weight is 225 g/mol. The molecule has 1 aromatic rings. The van der Waals surface area contributed by atoms with Gasteiger partial charge in [-0.25, -0.2) is 0 Å². The monoisotopic (exact) mass is 225 g/mol. The van der Waals surface area contributed by atoms with Crippen LogP contribution in [-0.4, -0.2) is 29.7 Å². The van der Waals surface area contributed by atoms with Crippen LogP contribution >= 0.6 is 0 Å². The Morgan fingerprint density at radius 1 is 1.38 bits per heavy atom. The summed E-state index contributed by atoms with van der Waals surface area (Å²) in [7, 11) is 0. The highest BCUT2D eigenvalue weighted by Gasteiger charge is 2.16. The largest absolute Gasteiger partial charge is 0.507 e. The zero-order chi connectivity index (χ0) is 11.5. The van der Waals surface area contributed by atoms with Gasteiger partial charge in [-0.1, -0.05) is 0 Å². The SMILES string of the molecule is CC(O)CNCc1cc2c(cc1O)OCO2. The van der Waals surface area contributed by atoms with Crippen molar-refractivity contribution in [3.8, 4) is 17.2 Å². The first-order chi connectivity index (χ1) is 7.66. The molecule has 0 saturated heterocycles. The van der Waals surface area contributed by atoms with E-state index < -0.39 is 6.10 Å². The molecule has 16 heavy (non-hydrogen) atoms. The van der Waals surface area contributed by atoms with Gasteiger partial charge >= 0.3 is 0 Å². The van der Waals surface area contributed by atoms with Gasteiger partial charge < -0.3 is 25.0 Å². The Balaban J connectivity index is 2.04. The summed E-state index contributed by atoms with van der Waals surface area (Å²) in [5.74, 6) is 1.38. The number of hydrogen-bond donors (Lipinski definition) is 3. The lowest BCUT2D eigenvalue weighted by Gasteiger charge is -2.09. The smallest absolute Gasteiger partial charge is 0.231 e. The Morgan fingerprint density at radius 3 is 2.75 bits per heavy atom. The number of aliphatic hydroxyl groups is 1. The molecule has 0 aliphatic carbocycles. The molecular formula is C11H15NO4. The fourth-order valence-electron chi connectivity index (χ4n) is 1.53. The second-order valence-electron chi connectivity index (χ2n) is 3.81. The topological polar surface area (TPSA) is 71.0 Å². The molecule has 1 atom stereocenters. The third kappa shape index (κ3) is 2.37. The fraction of sp³-hybridized carbons (Fsp3) is 0.455. The number of aliphatic hydroxyl groups excluding tert-OH is 1. The molecular weight excluding hydrogens is 210 g/mol. The van der Waals surface area contributed by atoms with Gasteiger partial charge in [-0.2, -0.15) is 0 Å². The van der Waals surface area contributed by atoms with E-state index in [-0.39, 0.29) is 12.5 Å². The lowest BCUT2D eigenvalue weighted by molar-refractivity contribution is 0.174. The van der Waals surface area contributed by atoms with E-state index in [1.807, 2.05) is 0 Å². The van der Waals surface area contributed by atoms with Crippen LogP contribution in [0.5, 0.6) is 17.2 Å². The van der Waals surface area contributed by atoms with Crippen molar-refractivity contribution in [1.82, 2.24) is 5.32 Å². The van der Waals surface area contributed by atoms with Gasteiger partial charge in [-0.05, 0) is 13.0 Å². The Labute approximate surface area is 93.6 Å². The maximum absolute atomic E-state index is 9.70. The normalized spacial score (nSPS) is 15.1. The first-order valence-electron chi connectivity index (χ1n) is 5.17. The van der Waals surface area contributed by atoms with Crippen LogP contribution in [0.4, 0.5) is 0 Å². The number of ether oxygens (including phenoxy) is 2. The molecule has 1 aliphatic heterocycles. The van der Waals surface area contributed by atoms with Gasteiger partial charge in [0, 0.05) is 24.7 Å². The molecule has 5 nitrogen and oxygen atoms in total. The Bertz CT molecular complexity index is 378. The standard InChI is InChI=1S/C11H15NO4/c1-7(13)4-12-5-8-2-10-11(3-9(8)14)16-6-15-10/h2-3,7,12-14H,4-6H2,1H3. The van der Waals surface area contributed by atoms with E-state index in [4.69, 9.17) is 14.6 Å². The number of fused-ring (bicyclic) bond motifs is 1. The molecule has 5 heteroatoms. The van der Waals surface area contributed by atoms with Gasteiger partial charge in [0.15, 0.2) is 11.5 Å². The van der Waals surface area contributed by atoms with Gasteiger partial charge in [0.25, 0.3) is 0 Å². The van der Waals surface area contributed by atoms with Gasteiger partial charge in [0.1, 0.15) is 5.75 Å². The second-order valence-corrected chi connectivity index (χ2v) is 3.81. The highest BCUT2D eigenvalue weighted by molar-refractivity contribution is 5.51. The first-order valence-corrected chi connectivity index (χ1v) is 5.17. The Morgan fingerprint density at radius 2 is 2.06 bits per heavy atom. The van der Waals surface area contributed by atoms with Crippen molar-refractivity contribution in [2.75, 3.05) is 13.3 Å². The molecule has 0 bridgehead atoms. The van der Waals surface area contributed by atoms with Crippen LogP contribution in [0, 0.1) is 0 Å². The molecule has 1 aliphatic rings. The average Bonchev–Trinajstić information content (AvgIpc) is 2.64. The number of phenolic OH excluding ortho intramolecular Hbond substituents is 1. The zero-order valence-electron chi connectivity index (χ0n) is 9.06. The van der Waals surface area contributed by atoms with Crippen LogP contribution in [0.3, 0.4) is 0 Å². The number of aromatic hydroxyl groups is 1. The van der Waals surface area contributed by atoms with Crippen molar-refractivity contribution >= 4 is 0 Å². The summed E-state index contributed by atoms with van der Waals surface area (Å²) in [5.41, 5.74) is 0.727. The summed E-state index contributed by atoms with van der Waals surface area (Å²) in [4.78, 5) is 0. The first kappa shape index (κ1) is 11.0. The summed E-state index contributed by atoms with van der Waals surface area (Å²) >= 11 is 0. The molecule has 1 unspecified atom stereocenters. The number of benzene rings is 1. The van der Waals surface area contributed by atoms with E-state index in [1.165, 1.54) is 0 Å². The van der Waals surface area contributed by atoms with E-state index in [9.17, 15) is 5.11 Å². The lowest BCUT2D eigenvalue weighted by Crippen LogP contribution is -2.23. The van der Waals surface area contributed by atoms with Crippen LogP contribution in [0.1, 0.15) is 12.5 Å². The predicted octanol–water partition coefficient (Wildman–Crippen LogP) is 0.591. The molecule has 0 spiro atoms. The fourth-order valence-corrected chi connectivity index (χ4v) is 1.53. The minimum atomic E-state index is -0.406. The minimum absolute atomic E-state index is 0.169. The van der Waals surface area contributed by atoms with Gasteiger partial charge in [0.05, 0.1) is 6.10 Å². The Kier molecular flexibility index (Phi) is 3.17. The van der Waals surface area contributed by atoms with Gasteiger partial charge in [0.2, 0.25) is 6.79 Å². The van der Waals surface area contributed by atoms with E-state index in [0.29, 0.717) is 24.6 Å². The summed E-state index contributed by atoms with van der Waals surface area (Å²) in [6.45, 7) is 2.85. The highest BCUT2D eigenvalue weighted by Crippen LogP contribution is 2.37. The van der Waals surface area contributed by atoms with Gasteiger partial charge in [-0.15, -0.1) is 0 Å². The summed E-state index contributed by atoms with van der Waals surface area (Å²) in [6.07, 6.45) is -0.406. The molecule has 0 radical (unpaired) electrons. The van der Waals surface area contributed by atoms with Gasteiger partial charge in [-0.3, -0.25) is 0 Å².